The number of nitrogen functional groups attached to an aromatic ring is 1. The van der Waals surface area contributed by atoms with Gasteiger partial charge in [-0.15, -0.1) is 0 Å². The minimum Gasteiger partial charge on any atom is -0.464 e. The lowest BCUT2D eigenvalue weighted by Gasteiger charge is -2.34. The highest BCUT2D eigenvalue weighted by Gasteiger charge is 2.24. The first kappa shape index (κ1) is 11.8. The predicted molar refractivity (Wildman–Crippen MR) is 64.8 cm³/mol. The van der Waals surface area contributed by atoms with E-state index in [9.17, 15) is 0 Å². The van der Waals surface area contributed by atoms with Gasteiger partial charge in [0, 0.05) is 13.1 Å². The summed E-state index contributed by atoms with van der Waals surface area (Å²) >= 11 is 0. The van der Waals surface area contributed by atoms with Gasteiger partial charge in [-0.05, 0) is 26.2 Å². The van der Waals surface area contributed by atoms with E-state index < -0.39 is 0 Å². The van der Waals surface area contributed by atoms with Crippen molar-refractivity contribution in [3.05, 3.63) is 0 Å². The van der Waals surface area contributed by atoms with Crippen molar-refractivity contribution in [3.8, 4) is 6.01 Å². The quantitative estimate of drug-likeness (QED) is 0.571. The summed E-state index contributed by atoms with van der Waals surface area (Å²) < 4.78 is 5.29. The summed E-state index contributed by atoms with van der Waals surface area (Å²) in [4.78, 5) is 14.6. The van der Waals surface area contributed by atoms with Gasteiger partial charge in [0.25, 0.3) is 0 Å². The number of ether oxygens (including phenoxy) is 1. The molecule has 1 aliphatic rings. The molecule has 0 aliphatic heterocycles. The summed E-state index contributed by atoms with van der Waals surface area (Å²) in [5, 5.41) is 0. The van der Waals surface area contributed by atoms with Crippen LogP contribution in [0.15, 0.2) is 0 Å². The van der Waals surface area contributed by atoms with Gasteiger partial charge in [0.2, 0.25) is 11.9 Å². The molecule has 1 aromatic rings. The van der Waals surface area contributed by atoms with E-state index in [1.807, 2.05) is 14.0 Å². The van der Waals surface area contributed by atoms with E-state index in [0.717, 1.165) is 0 Å². The van der Waals surface area contributed by atoms with Gasteiger partial charge in [0.1, 0.15) is 0 Å². The second kappa shape index (κ2) is 5.13. The van der Waals surface area contributed by atoms with Crippen LogP contribution in [0.1, 0.15) is 26.2 Å². The number of rotatable bonds is 5. The average Bonchev–Trinajstić information content (AvgIpc) is 2.26. The topological polar surface area (TPSA) is 89.2 Å². The highest BCUT2D eigenvalue weighted by Crippen LogP contribution is 2.27. The molecule has 0 radical (unpaired) electrons. The molecular formula is C10H18N6O. The van der Waals surface area contributed by atoms with Gasteiger partial charge in [0.15, 0.2) is 0 Å². The van der Waals surface area contributed by atoms with Crippen molar-refractivity contribution in [1.29, 1.82) is 0 Å². The number of anilines is 2. The first-order chi connectivity index (χ1) is 8.24. The van der Waals surface area contributed by atoms with Crippen LogP contribution in [-0.4, -0.2) is 34.6 Å². The largest absolute Gasteiger partial charge is 0.464 e. The highest BCUT2D eigenvalue weighted by molar-refractivity contribution is 5.38. The number of nitrogens with two attached hydrogens (primary N) is 1. The van der Waals surface area contributed by atoms with Gasteiger partial charge in [-0.1, -0.05) is 0 Å². The van der Waals surface area contributed by atoms with Crippen molar-refractivity contribution in [2.75, 3.05) is 24.0 Å². The SMILES string of the molecule is CCOc1nc(NN)nc(N(C)C2CCC2)n1. The van der Waals surface area contributed by atoms with E-state index in [4.69, 9.17) is 10.6 Å². The van der Waals surface area contributed by atoms with Crippen molar-refractivity contribution in [1.82, 2.24) is 15.0 Å². The predicted octanol–water partition coefficient (Wildman–Crippen LogP) is 0.545. The van der Waals surface area contributed by atoms with Crippen molar-refractivity contribution >= 4 is 11.9 Å². The minimum absolute atomic E-state index is 0.302. The van der Waals surface area contributed by atoms with Crippen molar-refractivity contribution in [2.45, 2.75) is 32.2 Å². The molecule has 17 heavy (non-hydrogen) atoms. The average molecular weight is 238 g/mol. The molecule has 0 saturated heterocycles. The molecule has 2 rings (SSSR count). The number of aromatic nitrogens is 3. The van der Waals surface area contributed by atoms with Crippen molar-refractivity contribution < 1.29 is 4.74 Å². The molecule has 0 spiro atoms. The molecule has 0 atom stereocenters. The van der Waals surface area contributed by atoms with E-state index in [2.05, 4.69) is 25.3 Å². The number of hydrazine groups is 1. The maximum absolute atomic E-state index is 5.33. The Hall–Kier alpha value is -1.63. The molecule has 0 bridgehead atoms. The number of hydrogen-bond acceptors (Lipinski definition) is 7. The summed E-state index contributed by atoms with van der Waals surface area (Å²) in [7, 11) is 1.98. The number of nitrogens with one attached hydrogen (secondary N) is 1. The molecule has 7 heteroatoms. The van der Waals surface area contributed by atoms with Gasteiger partial charge in [-0.2, -0.15) is 15.0 Å². The van der Waals surface area contributed by atoms with E-state index in [0.29, 0.717) is 30.6 Å². The Labute approximate surface area is 100 Å². The van der Waals surface area contributed by atoms with Crippen LogP contribution < -0.4 is 20.9 Å². The smallest absolute Gasteiger partial charge is 0.323 e. The molecule has 0 unspecified atom stereocenters. The van der Waals surface area contributed by atoms with Gasteiger partial charge >= 0.3 is 6.01 Å². The van der Waals surface area contributed by atoms with Crippen LogP contribution in [0.25, 0.3) is 0 Å². The Morgan fingerprint density at radius 3 is 2.71 bits per heavy atom. The third-order valence-electron chi connectivity index (χ3n) is 2.94. The van der Waals surface area contributed by atoms with Crippen LogP contribution >= 0.6 is 0 Å². The standard InChI is InChI=1S/C10H18N6O/c1-3-17-10-13-8(15-11)12-9(14-10)16(2)7-5-4-6-7/h7H,3-6,11H2,1-2H3,(H,12,13,14,15). The molecule has 1 aliphatic carbocycles. The van der Waals surface area contributed by atoms with Crippen LogP contribution in [0, 0.1) is 0 Å². The summed E-state index contributed by atoms with van der Waals surface area (Å²) in [6.45, 7) is 2.40. The molecule has 94 valence electrons. The fourth-order valence-electron chi connectivity index (χ4n) is 1.70. The number of hydrogen-bond donors (Lipinski definition) is 2. The highest BCUT2D eigenvalue weighted by atomic mass is 16.5. The maximum Gasteiger partial charge on any atom is 0.323 e. The van der Waals surface area contributed by atoms with Crippen LogP contribution in [0.3, 0.4) is 0 Å². The lowest BCUT2D eigenvalue weighted by atomic mass is 9.92. The van der Waals surface area contributed by atoms with Gasteiger partial charge in [-0.3, -0.25) is 5.43 Å². The lowest BCUT2D eigenvalue weighted by molar-refractivity contribution is 0.310. The zero-order chi connectivity index (χ0) is 12.3. The van der Waals surface area contributed by atoms with Crippen LogP contribution in [0.4, 0.5) is 11.9 Å². The molecule has 0 aromatic carbocycles. The van der Waals surface area contributed by atoms with Crippen LogP contribution in [0.2, 0.25) is 0 Å². The van der Waals surface area contributed by atoms with Crippen molar-refractivity contribution in [2.24, 2.45) is 5.84 Å². The third kappa shape index (κ3) is 2.55. The Morgan fingerprint density at radius 2 is 2.18 bits per heavy atom. The normalized spacial score (nSPS) is 15.2. The fraction of sp³-hybridized carbons (Fsp3) is 0.700. The second-order valence-corrected chi connectivity index (χ2v) is 4.01. The van der Waals surface area contributed by atoms with Crippen molar-refractivity contribution in [3.63, 3.8) is 0 Å². The molecular weight excluding hydrogens is 220 g/mol. The molecule has 1 saturated carbocycles. The summed E-state index contributed by atoms with van der Waals surface area (Å²) in [6.07, 6.45) is 3.62. The molecule has 1 aromatic heterocycles. The lowest BCUT2D eigenvalue weighted by Crippen LogP contribution is -2.38. The molecule has 1 heterocycles. The zero-order valence-electron chi connectivity index (χ0n) is 10.2. The van der Waals surface area contributed by atoms with Crippen LogP contribution in [0.5, 0.6) is 6.01 Å². The minimum atomic E-state index is 0.302. The van der Waals surface area contributed by atoms with Gasteiger partial charge < -0.3 is 9.64 Å². The Balaban J connectivity index is 2.21. The summed E-state index contributed by atoms with van der Waals surface area (Å²) in [5.41, 5.74) is 2.43. The molecule has 1 fully saturated rings. The molecule has 3 N–H and O–H groups in total. The monoisotopic (exact) mass is 238 g/mol. The number of nitrogens with zero attached hydrogens (tertiary/aromatic N) is 4. The van der Waals surface area contributed by atoms with Gasteiger partial charge in [0.05, 0.1) is 6.61 Å². The zero-order valence-corrected chi connectivity index (χ0v) is 10.2. The van der Waals surface area contributed by atoms with E-state index in [1.54, 1.807) is 0 Å². The fourth-order valence-corrected chi connectivity index (χ4v) is 1.70. The maximum atomic E-state index is 5.33. The molecule has 0 amide bonds. The Bertz CT molecular complexity index is 381. The van der Waals surface area contributed by atoms with E-state index in [-0.39, 0.29) is 0 Å². The third-order valence-corrected chi connectivity index (χ3v) is 2.94. The summed E-state index contributed by atoms with van der Waals surface area (Å²) in [5.74, 6) is 6.25. The Morgan fingerprint density at radius 1 is 1.41 bits per heavy atom. The first-order valence-corrected chi connectivity index (χ1v) is 5.83. The van der Waals surface area contributed by atoms with Gasteiger partial charge in [-0.25, -0.2) is 5.84 Å². The van der Waals surface area contributed by atoms with Crippen LogP contribution in [-0.2, 0) is 0 Å². The summed E-state index contributed by atoms with van der Waals surface area (Å²) in [6, 6.07) is 0.814. The first-order valence-electron chi connectivity index (χ1n) is 5.83. The Kier molecular flexibility index (Phi) is 3.58. The molecule has 7 nitrogen and oxygen atoms in total. The van der Waals surface area contributed by atoms with E-state index in [1.165, 1.54) is 19.3 Å². The second-order valence-electron chi connectivity index (χ2n) is 4.01. The van der Waals surface area contributed by atoms with E-state index >= 15 is 0 Å².